The number of nitrogens with zero attached hydrogens (tertiary/aromatic N) is 2. The largest absolute Gasteiger partial charge is 0.301 e. The van der Waals surface area contributed by atoms with Gasteiger partial charge in [-0.15, -0.1) is 0 Å². The van der Waals surface area contributed by atoms with Crippen molar-refractivity contribution in [2.24, 2.45) is 0 Å². The molecular formula is C11H21ClN2O2. The van der Waals surface area contributed by atoms with Gasteiger partial charge in [0, 0.05) is 12.1 Å². The van der Waals surface area contributed by atoms with Crippen LogP contribution in [0.2, 0.25) is 0 Å². The summed E-state index contributed by atoms with van der Waals surface area (Å²) < 4.78 is 1.73. The van der Waals surface area contributed by atoms with Crippen LogP contribution in [-0.2, 0) is 9.63 Å². The Morgan fingerprint density at radius 1 is 1.44 bits per heavy atom. The molecule has 1 atom stereocenters. The Hall–Kier alpha value is -0.160. The van der Waals surface area contributed by atoms with E-state index in [-0.39, 0.29) is 11.6 Å². The predicted molar refractivity (Wildman–Crippen MR) is 64.0 cm³/mol. The number of halogens is 1. The first-order chi connectivity index (χ1) is 7.27. The molecule has 0 amide bonds. The highest BCUT2D eigenvalue weighted by Gasteiger charge is 2.51. The van der Waals surface area contributed by atoms with Crippen LogP contribution in [0.3, 0.4) is 0 Å². The molecule has 1 rings (SSSR count). The number of rotatable bonds is 3. The van der Waals surface area contributed by atoms with Crippen LogP contribution in [-0.4, -0.2) is 46.0 Å². The highest BCUT2D eigenvalue weighted by molar-refractivity contribution is 6.14. The van der Waals surface area contributed by atoms with E-state index < -0.39 is 5.54 Å². The first-order valence-electron chi connectivity index (χ1n) is 5.58. The van der Waals surface area contributed by atoms with Crippen LogP contribution in [0.15, 0.2) is 0 Å². The van der Waals surface area contributed by atoms with Gasteiger partial charge in [0.1, 0.15) is 12.3 Å². The maximum Gasteiger partial charge on any atom is 0.141 e. The van der Waals surface area contributed by atoms with Gasteiger partial charge < -0.3 is 4.79 Å². The van der Waals surface area contributed by atoms with Crippen LogP contribution in [0, 0.1) is 0 Å². The van der Waals surface area contributed by atoms with E-state index in [2.05, 4.69) is 0 Å². The summed E-state index contributed by atoms with van der Waals surface area (Å²) in [6, 6.07) is -0.349. The fourth-order valence-corrected chi connectivity index (χ4v) is 2.47. The van der Waals surface area contributed by atoms with Gasteiger partial charge in [0.05, 0.1) is 12.1 Å². The highest BCUT2D eigenvalue weighted by Crippen LogP contribution is 2.37. The quantitative estimate of drug-likeness (QED) is 0.564. The molecule has 1 saturated heterocycles. The van der Waals surface area contributed by atoms with E-state index in [0.717, 1.165) is 6.29 Å². The fraction of sp³-hybridized carbons (Fsp3) is 0.909. The van der Waals surface area contributed by atoms with Crippen molar-refractivity contribution in [1.29, 1.82) is 0 Å². The molecule has 0 aromatic carbocycles. The summed E-state index contributed by atoms with van der Waals surface area (Å²) in [7, 11) is 0. The molecule has 16 heavy (non-hydrogen) atoms. The number of hydrogen-bond donors (Lipinski definition) is 0. The van der Waals surface area contributed by atoms with Crippen LogP contribution in [0.4, 0.5) is 0 Å². The molecule has 0 aliphatic carbocycles. The van der Waals surface area contributed by atoms with Crippen LogP contribution in [0.25, 0.3) is 0 Å². The molecule has 5 heteroatoms. The number of hydroxylamine groups is 2. The molecule has 0 N–H and O–H groups in total. The summed E-state index contributed by atoms with van der Waals surface area (Å²) in [5.41, 5.74) is -0.694. The molecule has 1 aliphatic rings. The van der Waals surface area contributed by atoms with Crippen molar-refractivity contribution in [3.63, 3.8) is 0 Å². The van der Waals surface area contributed by atoms with E-state index in [1.54, 1.807) is 9.48 Å². The number of carbonyl (C=O) groups is 1. The van der Waals surface area contributed by atoms with E-state index >= 15 is 0 Å². The smallest absolute Gasteiger partial charge is 0.141 e. The van der Waals surface area contributed by atoms with Crippen molar-refractivity contribution >= 4 is 18.1 Å². The van der Waals surface area contributed by atoms with Gasteiger partial charge >= 0.3 is 0 Å². The molecule has 0 saturated carbocycles. The Balaban J connectivity index is 3.02. The molecule has 0 bridgehead atoms. The first-order valence-corrected chi connectivity index (χ1v) is 5.92. The Morgan fingerprint density at radius 3 is 2.44 bits per heavy atom. The second kappa shape index (κ2) is 4.61. The first kappa shape index (κ1) is 13.9. The standard InChI is InChI=1S/C11H21ClN2O2/c1-6-16-13-8-10(2,3)14(12)11(4,5)9(13)7-15/h7,9H,6,8H2,1-5H3. The zero-order valence-electron chi connectivity index (χ0n) is 10.7. The summed E-state index contributed by atoms with van der Waals surface area (Å²) in [5.74, 6) is 0. The third kappa shape index (κ3) is 2.25. The van der Waals surface area contributed by atoms with Gasteiger partial charge in [-0.2, -0.15) is 5.06 Å². The molecule has 1 aliphatic heterocycles. The lowest BCUT2D eigenvalue weighted by Gasteiger charge is -2.54. The summed E-state index contributed by atoms with van der Waals surface area (Å²) in [6.45, 7) is 11.0. The fourth-order valence-electron chi connectivity index (χ4n) is 2.32. The lowest BCUT2D eigenvalue weighted by Crippen LogP contribution is -2.70. The SMILES string of the molecule is CCON1CC(C)(C)N(Cl)C(C)(C)C1C=O. The number of carbonyl (C=O) groups excluding carboxylic acids is 1. The third-order valence-electron chi connectivity index (χ3n) is 3.04. The van der Waals surface area contributed by atoms with Crippen LogP contribution in [0.5, 0.6) is 0 Å². The molecular weight excluding hydrogens is 228 g/mol. The molecule has 94 valence electrons. The van der Waals surface area contributed by atoms with Crippen LogP contribution in [0.1, 0.15) is 34.6 Å². The zero-order chi connectivity index (χ0) is 12.6. The summed E-state index contributed by atoms with van der Waals surface area (Å²) in [4.78, 5) is 16.7. The number of hydrogen-bond acceptors (Lipinski definition) is 4. The molecule has 1 heterocycles. The molecule has 4 nitrogen and oxygen atoms in total. The average Bonchev–Trinajstić information content (AvgIpc) is 2.15. The Kier molecular flexibility index (Phi) is 4.00. The van der Waals surface area contributed by atoms with Crippen molar-refractivity contribution in [2.45, 2.75) is 51.7 Å². The summed E-state index contributed by atoms with van der Waals surface area (Å²) in [5, 5.41) is 1.74. The highest BCUT2D eigenvalue weighted by atomic mass is 35.5. The Bertz CT molecular complexity index is 269. The predicted octanol–water partition coefficient (Wildman–Crippen LogP) is 1.83. The van der Waals surface area contributed by atoms with Crippen molar-refractivity contribution < 1.29 is 9.63 Å². The van der Waals surface area contributed by atoms with Gasteiger partial charge in [0.2, 0.25) is 0 Å². The van der Waals surface area contributed by atoms with Gasteiger partial charge in [0.15, 0.2) is 0 Å². The van der Waals surface area contributed by atoms with Gasteiger partial charge in [-0.05, 0) is 46.4 Å². The van der Waals surface area contributed by atoms with E-state index in [1.807, 2.05) is 34.6 Å². The topological polar surface area (TPSA) is 32.8 Å². The van der Waals surface area contributed by atoms with Crippen molar-refractivity contribution in [3.8, 4) is 0 Å². The van der Waals surface area contributed by atoms with Crippen molar-refractivity contribution in [2.75, 3.05) is 13.2 Å². The Morgan fingerprint density at radius 2 is 2.00 bits per heavy atom. The third-order valence-corrected chi connectivity index (χ3v) is 3.93. The van der Waals surface area contributed by atoms with Crippen LogP contribution >= 0.6 is 11.8 Å². The molecule has 0 aromatic rings. The minimum Gasteiger partial charge on any atom is -0.301 e. The van der Waals surface area contributed by atoms with E-state index in [4.69, 9.17) is 16.6 Å². The lowest BCUT2D eigenvalue weighted by atomic mass is 9.86. The molecule has 1 fully saturated rings. The van der Waals surface area contributed by atoms with E-state index in [1.165, 1.54) is 0 Å². The molecule has 0 aromatic heterocycles. The summed E-state index contributed by atoms with van der Waals surface area (Å²) in [6.07, 6.45) is 0.903. The maximum atomic E-state index is 11.2. The van der Waals surface area contributed by atoms with Gasteiger partial charge in [-0.1, -0.05) is 0 Å². The number of piperazine rings is 1. The maximum absolute atomic E-state index is 11.2. The van der Waals surface area contributed by atoms with Gasteiger partial charge in [0.25, 0.3) is 0 Å². The molecule has 0 radical (unpaired) electrons. The lowest BCUT2D eigenvalue weighted by molar-refractivity contribution is -0.236. The zero-order valence-corrected chi connectivity index (χ0v) is 11.4. The monoisotopic (exact) mass is 248 g/mol. The van der Waals surface area contributed by atoms with Gasteiger partial charge in [-0.25, -0.2) is 4.42 Å². The van der Waals surface area contributed by atoms with Crippen molar-refractivity contribution in [3.05, 3.63) is 0 Å². The molecule has 1 unspecified atom stereocenters. The number of aldehydes is 1. The minimum atomic E-state index is -0.458. The Labute approximate surface area is 103 Å². The second-order valence-corrected chi connectivity index (χ2v) is 5.66. The summed E-state index contributed by atoms with van der Waals surface area (Å²) >= 11 is 6.33. The molecule has 0 spiro atoms. The average molecular weight is 249 g/mol. The van der Waals surface area contributed by atoms with Crippen LogP contribution < -0.4 is 0 Å². The minimum absolute atomic E-state index is 0.236. The van der Waals surface area contributed by atoms with E-state index in [0.29, 0.717) is 13.2 Å². The van der Waals surface area contributed by atoms with Gasteiger partial charge in [-0.3, -0.25) is 4.84 Å². The second-order valence-electron chi connectivity index (χ2n) is 5.32. The normalized spacial score (nSPS) is 30.2. The van der Waals surface area contributed by atoms with Crippen molar-refractivity contribution in [1.82, 2.24) is 9.48 Å². The van der Waals surface area contributed by atoms with E-state index in [9.17, 15) is 4.79 Å².